The molecule has 0 spiro atoms. The molecular formula is C14H25F2NO. The molecule has 106 valence electrons. The fraction of sp³-hybridized carbons (Fsp3) is 1.00. The maximum atomic E-state index is 12.0. The van der Waals surface area contributed by atoms with E-state index >= 15 is 0 Å². The molecular weight excluding hydrogens is 236 g/mol. The van der Waals surface area contributed by atoms with Crippen LogP contribution < -0.4 is 5.32 Å². The molecule has 4 atom stereocenters. The average Bonchev–Trinajstić information content (AvgIpc) is 2.94. The molecule has 2 rings (SSSR count). The van der Waals surface area contributed by atoms with E-state index in [1.54, 1.807) is 0 Å². The Hall–Kier alpha value is -0.220. The minimum atomic E-state index is -2.34. The van der Waals surface area contributed by atoms with Crippen molar-refractivity contribution in [3.63, 3.8) is 0 Å². The lowest BCUT2D eigenvalue weighted by Gasteiger charge is -2.31. The number of ether oxygens (including phenoxy) is 1. The largest absolute Gasteiger partial charge is 0.375 e. The van der Waals surface area contributed by atoms with Gasteiger partial charge in [0.25, 0.3) is 6.43 Å². The molecule has 0 amide bonds. The smallest absolute Gasteiger partial charge is 0.261 e. The highest BCUT2D eigenvalue weighted by molar-refractivity contribution is 4.95. The van der Waals surface area contributed by atoms with E-state index < -0.39 is 13.0 Å². The summed E-state index contributed by atoms with van der Waals surface area (Å²) < 4.78 is 29.0. The summed E-state index contributed by atoms with van der Waals surface area (Å²) in [7, 11) is 0. The van der Waals surface area contributed by atoms with E-state index in [0.717, 1.165) is 30.7 Å². The van der Waals surface area contributed by atoms with Crippen LogP contribution in [0.3, 0.4) is 0 Å². The van der Waals surface area contributed by atoms with E-state index in [-0.39, 0.29) is 0 Å². The zero-order valence-electron chi connectivity index (χ0n) is 11.2. The standard InChI is InChI=1S/C14H25F2NO/c1-2-17-13(5-6-18-9-14(15)16)12-8-10-3-4-11(12)7-10/h10-14,17H,2-9H2,1H3. The first-order valence-corrected chi connectivity index (χ1v) is 7.30. The zero-order valence-corrected chi connectivity index (χ0v) is 11.2. The Bertz CT molecular complexity index is 250. The Morgan fingerprint density at radius 3 is 2.67 bits per heavy atom. The summed E-state index contributed by atoms with van der Waals surface area (Å²) in [5.74, 6) is 2.55. The van der Waals surface area contributed by atoms with Gasteiger partial charge in [0.1, 0.15) is 6.61 Å². The Labute approximate surface area is 108 Å². The molecule has 0 aromatic carbocycles. The van der Waals surface area contributed by atoms with Gasteiger partial charge in [-0.2, -0.15) is 0 Å². The van der Waals surface area contributed by atoms with Gasteiger partial charge in [0.05, 0.1) is 0 Å². The summed E-state index contributed by atoms with van der Waals surface area (Å²) in [5.41, 5.74) is 0. The van der Waals surface area contributed by atoms with Gasteiger partial charge in [-0.25, -0.2) is 8.78 Å². The lowest BCUT2D eigenvalue weighted by atomic mass is 9.82. The van der Waals surface area contributed by atoms with E-state index in [1.165, 1.54) is 25.7 Å². The summed E-state index contributed by atoms with van der Waals surface area (Å²) in [6.45, 7) is 3.10. The monoisotopic (exact) mass is 261 g/mol. The van der Waals surface area contributed by atoms with Gasteiger partial charge >= 0.3 is 0 Å². The van der Waals surface area contributed by atoms with E-state index in [1.807, 2.05) is 0 Å². The molecule has 2 bridgehead atoms. The van der Waals surface area contributed by atoms with Crippen LogP contribution in [0.2, 0.25) is 0 Å². The van der Waals surface area contributed by atoms with E-state index in [2.05, 4.69) is 12.2 Å². The summed E-state index contributed by atoms with van der Waals surface area (Å²) in [5, 5.41) is 3.53. The van der Waals surface area contributed by atoms with Crippen molar-refractivity contribution >= 4 is 0 Å². The van der Waals surface area contributed by atoms with Crippen LogP contribution in [0.1, 0.15) is 39.0 Å². The molecule has 0 aliphatic heterocycles. The third-order valence-electron chi connectivity index (χ3n) is 4.59. The van der Waals surface area contributed by atoms with Gasteiger partial charge in [-0.05, 0) is 50.0 Å². The lowest BCUT2D eigenvalue weighted by molar-refractivity contribution is 0.0117. The summed E-state index contributed by atoms with van der Waals surface area (Å²) in [6.07, 6.45) is 4.03. The second-order valence-corrected chi connectivity index (χ2v) is 5.76. The minimum Gasteiger partial charge on any atom is -0.375 e. The quantitative estimate of drug-likeness (QED) is 0.678. The fourth-order valence-corrected chi connectivity index (χ4v) is 3.90. The second-order valence-electron chi connectivity index (χ2n) is 5.76. The first kappa shape index (κ1) is 14.2. The van der Waals surface area contributed by atoms with Gasteiger partial charge in [-0.3, -0.25) is 0 Å². The Morgan fingerprint density at radius 1 is 1.28 bits per heavy atom. The fourth-order valence-electron chi connectivity index (χ4n) is 3.90. The topological polar surface area (TPSA) is 21.3 Å². The van der Waals surface area contributed by atoms with E-state index in [0.29, 0.717) is 12.6 Å². The van der Waals surface area contributed by atoms with Gasteiger partial charge in [0, 0.05) is 12.6 Å². The van der Waals surface area contributed by atoms with Crippen LogP contribution in [-0.2, 0) is 4.74 Å². The van der Waals surface area contributed by atoms with Gasteiger partial charge < -0.3 is 10.1 Å². The third kappa shape index (κ3) is 3.64. The predicted molar refractivity (Wildman–Crippen MR) is 67.8 cm³/mol. The molecule has 0 aromatic rings. The Balaban J connectivity index is 1.73. The molecule has 2 fully saturated rings. The van der Waals surface area contributed by atoms with Crippen molar-refractivity contribution in [3.8, 4) is 0 Å². The molecule has 4 unspecified atom stereocenters. The molecule has 0 radical (unpaired) electrons. The number of hydrogen-bond acceptors (Lipinski definition) is 2. The van der Waals surface area contributed by atoms with E-state index in [4.69, 9.17) is 4.74 Å². The van der Waals surface area contributed by atoms with Crippen LogP contribution in [0.5, 0.6) is 0 Å². The molecule has 2 aliphatic rings. The maximum Gasteiger partial charge on any atom is 0.261 e. The third-order valence-corrected chi connectivity index (χ3v) is 4.59. The number of hydrogen-bond donors (Lipinski definition) is 1. The minimum absolute atomic E-state index is 0.421. The summed E-state index contributed by atoms with van der Waals surface area (Å²) >= 11 is 0. The van der Waals surface area contributed by atoms with E-state index in [9.17, 15) is 8.78 Å². The Kier molecular flexibility index (Phi) is 5.37. The van der Waals surface area contributed by atoms with Crippen LogP contribution in [-0.4, -0.2) is 32.2 Å². The molecule has 0 heterocycles. The number of rotatable bonds is 8. The highest BCUT2D eigenvalue weighted by Gasteiger charge is 2.42. The van der Waals surface area contributed by atoms with Crippen molar-refractivity contribution in [2.75, 3.05) is 19.8 Å². The number of nitrogens with one attached hydrogen (secondary N) is 1. The van der Waals surface area contributed by atoms with Gasteiger partial charge in [0.15, 0.2) is 0 Å². The van der Waals surface area contributed by atoms with Crippen LogP contribution in [0.4, 0.5) is 8.78 Å². The van der Waals surface area contributed by atoms with Gasteiger partial charge in [-0.1, -0.05) is 13.3 Å². The average molecular weight is 261 g/mol. The van der Waals surface area contributed by atoms with Crippen molar-refractivity contribution < 1.29 is 13.5 Å². The summed E-state index contributed by atoms with van der Waals surface area (Å²) in [6, 6.07) is 0.461. The molecule has 2 saturated carbocycles. The highest BCUT2D eigenvalue weighted by atomic mass is 19.3. The van der Waals surface area contributed by atoms with Crippen molar-refractivity contribution in [1.29, 1.82) is 0 Å². The van der Waals surface area contributed by atoms with Crippen molar-refractivity contribution in [1.82, 2.24) is 5.32 Å². The maximum absolute atomic E-state index is 12.0. The second kappa shape index (κ2) is 6.80. The number of fused-ring (bicyclic) bond motifs is 2. The number of halogens is 2. The molecule has 0 aromatic heterocycles. The Morgan fingerprint density at radius 2 is 2.11 bits per heavy atom. The number of alkyl halides is 2. The molecule has 2 aliphatic carbocycles. The van der Waals surface area contributed by atoms with Crippen molar-refractivity contribution in [2.45, 2.75) is 51.5 Å². The zero-order chi connectivity index (χ0) is 13.0. The molecule has 18 heavy (non-hydrogen) atoms. The van der Waals surface area contributed by atoms with Crippen molar-refractivity contribution in [2.24, 2.45) is 17.8 Å². The lowest BCUT2D eigenvalue weighted by Crippen LogP contribution is -2.39. The van der Waals surface area contributed by atoms with Crippen molar-refractivity contribution in [3.05, 3.63) is 0 Å². The first-order valence-electron chi connectivity index (χ1n) is 7.30. The molecule has 0 saturated heterocycles. The summed E-state index contributed by atoms with van der Waals surface area (Å²) in [4.78, 5) is 0. The van der Waals surface area contributed by atoms with Gasteiger partial charge in [-0.15, -0.1) is 0 Å². The normalized spacial score (nSPS) is 32.3. The molecule has 2 nitrogen and oxygen atoms in total. The van der Waals surface area contributed by atoms with Crippen LogP contribution in [0.25, 0.3) is 0 Å². The molecule has 4 heteroatoms. The van der Waals surface area contributed by atoms with Crippen LogP contribution in [0, 0.1) is 17.8 Å². The molecule has 1 N–H and O–H groups in total. The van der Waals surface area contributed by atoms with Crippen LogP contribution in [0.15, 0.2) is 0 Å². The highest BCUT2D eigenvalue weighted by Crippen LogP contribution is 2.49. The first-order chi connectivity index (χ1) is 8.70. The SMILES string of the molecule is CCNC(CCOCC(F)F)C1CC2CCC1C2. The van der Waals surface area contributed by atoms with Gasteiger partial charge in [0.2, 0.25) is 0 Å². The van der Waals surface area contributed by atoms with Crippen LogP contribution >= 0.6 is 0 Å². The predicted octanol–water partition coefficient (Wildman–Crippen LogP) is 3.07.